The zero-order valence-corrected chi connectivity index (χ0v) is 23.5. The van der Waals surface area contributed by atoms with Crippen LogP contribution in [0.3, 0.4) is 0 Å². The number of benzene rings is 5. The van der Waals surface area contributed by atoms with Crippen molar-refractivity contribution in [2.45, 2.75) is 32.3 Å². The molecule has 1 amide bonds. The molecule has 4 nitrogen and oxygen atoms in total. The molecule has 202 valence electrons. The lowest BCUT2D eigenvalue weighted by Gasteiger charge is -2.39. The molecule has 4 heteroatoms. The first-order valence-corrected chi connectivity index (χ1v) is 14.1. The Morgan fingerprint density at radius 3 is 2.37 bits per heavy atom. The van der Waals surface area contributed by atoms with E-state index in [1.54, 1.807) is 7.11 Å². The highest BCUT2D eigenvalue weighted by Crippen LogP contribution is 2.52. The molecule has 1 heterocycles. The molecule has 1 N–H and O–H groups in total. The Hall–Kier alpha value is -4.83. The Morgan fingerprint density at radius 1 is 0.878 bits per heavy atom. The van der Waals surface area contributed by atoms with Crippen LogP contribution in [0, 0.1) is 6.92 Å². The van der Waals surface area contributed by atoms with Crippen molar-refractivity contribution in [1.82, 2.24) is 0 Å². The van der Waals surface area contributed by atoms with Crippen molar-refractivity contribution in [3.05, 3.63) is 130 Å². The van der Waals surface area contributed by atoms with Crippen LogP contribution in [0.4, 0.5) is 5.69 Å². The lowest BCUT2D eigenvalue weighted by Crippen LogP contribution is -2.35. The van der Waals surface area contributed by atoms with E-state index in [2.05, 4.69) is 85.1 Å². The van der Waals surface area contributed by atoms with E-state index in [1.165, 1.54) is 34.6 Å². The average molecular weight is 538 g/mol. The van der Waals surface area contributed by atoms with E-state index < -0.39 is 5.60 Å². The van der Waals surface area contributed by atoms with Gasteiger partial charge in [0.2, 0.25) is 5.91 Å². The molecular weight excluding hydrogens is 506 g/mol. The fraction of sp³-hybridized carbons (Fsp3) is 0.162. The maximum atomic E-state index is 11.7. The summed E-state index contributed by atoms with van der Waals surface area (Å²) in [4.78, 5) is 11.7. The number of anilines is 1. The van der Waals surface area contributed by atoms with Gasteiger partial charge in [0.05, 0.1) is 7.11 Å². The fourth-order valence-corrected chi connectivity index (χ4v) is 6.53. The number of methoxy groups -OCH3 is 1. The summed E-state index contributed by atoms with van der Waals surface area (Å²) < 4.78 is 13.1. The highest BCUT2D eigenvalue weighted by Gasteiger charge is 2.39. The summed E-state index contributed by atoms with van der Waals surface area (Å²) in [5, 5.41) is 5.23. The standard InChI is InChI=1S/C37H31NO3/c1-23-21-32-30-19-20-37(26-10-5-4-6-11-26,27-14-16-28(17-15-27)38-24(2)39)41-36(30)31-18-13-25-9-7-8-12-29(25)35(31)33(32)22-34(23)40-3/h4-12,14-17,19-22H,13,18H2,1-3H3,(H,38,39). The molecule has 1 aliphatic heterocycles. The number of carbonyl (C=O) groups excluding carboxylic acids is 1. The Kier molecular flexibility index (Phi) is 5.93. The lowest BCUT2D eigenvalue weighted by atomic mass is 9.78. The fourth-order valence-electron chi connectivity index (χ4n) is 6.53. The monoisotopic (exact) mass is 537 g/mol. The Balaban J connectivity index is 1.50. The van der Waals surface area contributed by atoms with Crippen molar-refractivity contribution in [2.75, 3.05) is 12.4 Å². The number of nitrogens with one attached hydrogen (secondary N) is 1. The normalized spacial score (nSPS) is 16.8. The van der Waals surface area contributed by atoms with Gasteiger partial charge in [0.25, 0.3) is 0 Å². The highest BCUT2D eigenvalue weighted by atomic mass is 16.5. The number of fused-ring (bicyclic) bond motifs is 8. The Bertz CT molecular complexity index is 1850. The van der Waals surface area contributed by atoms with Crippen LogP contribution in [-0.4, -0.2) is 13.0 Å². The third-order valence-electron chi connectivity index (χ3n) is 8.43. The Labute approximate surface area is 240 Å². The first-order valence-electron chi connectivity index (χ1n) is 14.1. The van der Waals surface area contributed by atoms with Gasteiger partial charge < -0.3 is 14.8 Å². The molecule has 1 aliphatic carbocycles. The molecule has 0 saturated carbocycles. The predicted molar refractivity (Wildman–Crippen MR) is 166 cm³/mol. The van der Waals surface area contributed by atoms with Crippen LogP contribution in [0.15, 0.2) is 97.1 Å². The lowest BCUT2D eigenvalue weighted by molar-refractivity contribution is -0.114. The van der Waals surface area contributed by atoms with Crippen molar-refractivity contribution >= 4 is 28.4 Å². The molecule has 1 atom stereocenters. The third kappa shape index (κ3) is 4.02. The first-order chi connectivity index (χ1) is 20.0. The molecule has 5 aromatic carbocycles. The summed E-state index contributed by atoms with van der Waals surface area (Å²) in [7, 11) is 1.74. The van der Waals surface area contributed by atoms with Crippen LogP contribution in [0.2, 0.25) is 0 Å². The van der Waals surface area contributed by atoms with Crippen molar-refractivity contribution in [1.29, 1.82) is 0 Å². The second-order valence-corrected chi connectivity index (χ2v) is 10.9. The number of amides is 1. The van der Waals surface area contributed by atoms with Crippen LogP contribution < -0.4 is 14.8 Å². The number of aryl methyl sites for hydroxylation is 2. The molecule has 0 radical (unpaired) electrons. The number of hydrogen-bond donors (Lipinski definition) is 1. The van der Waals surface area contributed by atoms with Crippen molar-refractivity contribution in [3.63, 3.8) is 0 Å². The van der Waals surface area contributed by atoms with Gasteiger partial charge in [-0.25, -0.2) is 0 Å². The summed E-state index contributed by atoms with van der Waals surface area (Å²) in [5.41, 5.74) is 9.25. The molecule has 0 bridgehead atoms. The molecular formula is C37H31NO3. The average Bonchev–Trinajstić information content (AvgIpc) is 3.00. The summed E-state index contributed by atoms with van der Waals surface area (Å²) >= 11 is 0. The Morgan fingerprint density at radius 2 is 1.61 bits per heavy atom. The van der Waals surface area contributed by atoms with Crippen LogP contribution >= 0.6 is 0 Å². The van der Waals surface area contributed by atoms with Crippen molar-refractivity contribution < 1.29 is 14.3 Å². The molecule has 0 spiro atoms. The molecule has 0 saturated heterocycles. The van der Waals surface area contributed by atoms with Gasteiger partial charge in [0.15, 0.2) is 5.60 Å². The molecule has 41 heavy (non-hydrogen) atoms. The van der Waals surface area contributed by atoms with E-state index in [0.717, 1.165) is 57.7 Å². The number of hydrogen-bond acceptors (Lipinski definition) is 3. The summed E-state index contributed by atoms with van der Waals surface area (Å²) in [5.74, 6) is 1.73. The minimum absolute atomic E-state index is 0.0935. The van der Waals surface area contributed by atoms with Gasteiger partial charge >= 0.3 is 0 Å². The van der Waals surface area contributed by atoms with E-state index in [9.17, 15) is 4.79 Å². The predicted octanol–water partition coefficient (Wildman–Crippen LogP) is 8.23. The summed E-state index contributed by atoms with van der Waals surface area (Å²) in [6.07, 6.45) is 6.27. The number of rotatable bonds is 4. The zero-order valence-electron chi connectivity index (χ0n) is 23.5. The maximum Gasteiger partial charge on any atom is 0.221 e. The minimum Gasteiger partial charge on any atom is -0.496 e. The van der Waals surface area contributed by atoms with Gasteiger partial charge in [-0.05, 0) is 89.2 Å². The second-order valence-electron chi connectivity index (χ2n) is 10.9. The summed E-state index contributed by atoms with van der Waals surface area (Å²) in [6, 6.07) is 31.5. The molecule has 0 aromatic heterocycles. The molecule has 1 unspecified atom stereocenters. The second kappa shape index (κ2) is 9.67. The molecule has 5 aromatic rings. The molecule has 7 rings (SSSR count). The zero-order chi connectivity index (χ0) is 28.1. The van der Waals surface area contributed by atoms with E-state index in [4.69, 9.17) is 9.47 Å². The van der Waals surface area contributed by atoms with E-state index >= 15 is 0 Å². The van der Waals surface area contributed by atoms with E-state index in [0.29, 0.717) is 0 Å². The largest absolute Gasteiger partial charge is 0.496 e. The van der Waals surface area contributed by atoms with Gasteiger partial charge in [0, 0.05) is 34.9 Å². The van der Waals surface area contributed by atoms with Gasteiger partial charge in [-0.1, -0.05) is 66.7 Å². The SMILES string of the molecule is COc1cc2c3c(c4c(c2cc1C)C=CC(c1ccccc1)(c1ccc(NC(C)=O)cc1)O4)CCc1ccccc1-3. The van der Waals surface area contributed by atoms with Gasteiger partial charge in [-0.2, -0.15) is 0 Å². The molecule has 0 fully saturated rings. The number of carbonyl (C=O) groups is 1. The van der Waals surface area contributed by atoms with Crippen LogP contribution in [-0.2, 0) is 23.2 Å². The van der Waals surface area contributed by atoms with E-state index in [-0.39, 0.29) is 5.91 Å². The topological polar surface area (TPSA) is 47.6 Å². The van der Waals surface area contributed by atoms with Crippen molar-refractivity contribution in [2.24, 2.45) is 0 Å². The third-order valence-corrected chi connectivity index (χ3v) is 8.43. The summed E-state index contributed by atoms with van der Waals surface area (Å²) in [6.45, 7) is 3.61. The minimum atomic E-state index is -0.830. The highest BCUT2D eigenvalue weighted by molar-refractivity contribution is 6.07. The van der Waals surface area contributed by atoms with Gasteiger partial charge in [-0.3, -0.25) is 4.79 Å². The quantitative estimate of drug-likeness (QED) is 0.251. The molecule has 2 aliphatic rings. The first kappa shape index (κ1) is 25.2. The van der Waals surface area contributed by atoms with Gasteiger partial charge in [0.1, 0.15) is 11.5 Å². The smallest absolute Gasteiger partial charge is 0.221 e. The van der Waals surface area contributed by atoms with E-state index in [1.807, 2.05) is 30.3 Å². The number of ether oxygens (including phenoxy) is 2. The maximum absolute atomic E-state index is 11.7. The van der Waals surface area contributed by atoms with Crippen LogP contribution in [0.1, 0.15) is 40.3 Å². The van der Waals surface area contributed by atoms with Crippen molar-refractivity contribution in [3.8, 4) is 22.6 Å². The van der Waals surface area contributed by atoms with Crippen LogP contribution in [0.5, 0.6) is 11.5 Å². The van der Waals surface area contributed by atoms with Crippen LogP contribution in [0.25, 0.3) is 28.0 Å². The van der Waals surface area contributed by atoms with Gasteiger partial charge in [-0.15, -0.1) is 0 Å².